The van der Waals surface area contributed by atoms with E-state index >= 15 is 0 Å². The molecule has 1 atom stereocenters. The highest BCUT2D eigenvalue weighted by Gasteiger charge is 2.19. The zero-order chi connectivity index (χ0) is 40.8. The molecule has 0 N–H and O–H groups in total. The predicted molar refractivity (Wildman–Crippen MR) is 238 cm³/mol. The molecule has 1 unspecified atom stereocenters. The number of allylic oxidation sites excluding steroid dienone is 8. The maximum atomic E-state index is 12.7. The quantitative estimate of drug-likeness (QED) is 0.0202. The molecule has 0 radical (unpaired) electrons. The third-order valence-corrected chi connectivity index (χ3v) is 10.1. The maximum Gasteiger partial charge on any atom is 0.306 e. The molecule has 0 aliphatic carbocycles. The minimum absolute atomic E-state index is 0.0871. The number of unbranched alkanes of at least 4 members (excludes halogenated alkanes) is 24. The van der Waals surface area contributed by atoms with E-state index in [2.05, 4.69) is 69.4 Å². The first kappa shape index (κ1) is 53.4. The monoisotopic (exact) mass is 785 g/mol. The summed E-state index contributed by atoms with van der Waals surface area (Å²) in [6.07, 6.45) is 52.3. The molecule has 0 aliphatic heterocycles. The largest absolute Gasteiger partial charge is 0.462 e. The van der Waals surface area contributed by atoms with Gasteiger partial charge in [0.25, 0.3) is 0 Å². The van der Waals surface area contributed by atoms with Gasteiger partial charge in [-0.2, -0.15) is 0 Å². The van der Waals surface area contributed by atoms with Crippen LogP contribution < -0.4 is 0 Å². The van der Waals surface area contributed by atoms with E-state index in [0.29, 0.717) is 19.3 Å². The van der Waals surface area contributed by atoms with Gasteiger partial charge in [-0.15, -0.1) is 0 Å². The zero-order valence-electron chi connectivity index (χ0n) is 36.9. The molecule has 6 heteroatoms. The smallest absolute Gasteiger partial charge is 0.306 e. The topological polar surface area (TPSA) is 78.9 Å². The van der Waals surface area contributed by atoms with Crippen molar-refractivity contribution in [3.63, 3.8) is 0 Å². The molecule has 324 valence electrons. The van der Waals surface area contributed by atoms with Crippen LogP contribution >= 0.6 is 0 Å². The lowest BCUT2D eigenvalue weighted by atomic mass is 10.1. The van der Waals surface area contributed by atoms with Crippen LogP contribution in [0, 0.1) is 0 Å². The summed E-state index contributed by atoms with van der Waals surface area (Å²) in [5.41, 5.74) is 0. The molecule has 0 rings (SSSR count). The Hall–Kier alpha value is -2.63. The summed E-state index contributed by atoms with van der Waals surface area (Å²) in [6.45, 7) is 6.51. The second-order valence-electron chi connectivity index (χ2n) is 15.7. The van der Waals surface area contributed by atoms with E-state index in [9.17, 15) is 14.4 Å². The third-order valence-electron chi connectivity index (χ3n) is 10.1. The molecule has 0 amide bonds. The Morgan fingerprint density at radius 3 is 1.11 bits per heavy atom. The summed E-state index contributed by atoms with van der Waals surface area (Å²) in [6, 6.07) is 0. The van der Waals surface area contributed by atoms with E-state index in [-0.39, 0.29) is 31.1 Å². The molecule has 0 bridgehead atoms. The number of hydrogen-bond acceptors (Lipinski definition) is 6. The number of esters is 3. The van der Waals surface area contributed by atoms with Crippen LogP contribution in [0.25, 0.3) is 0 Å². The molecule has 0 aromatic heterocycles. The second-order valence-corrected chi connectivity index (χ2v) is 15.7. The normalized spacial score (nSPS) is 12.4. The van der Waals surface area contributed by atoms with Gasteiger partial charge >= 0.3 is 17.9 Å². The van der Waals surface area contributed by atoms with Gasteiger partial charge in [0.15, 0.2) is 6.10 Å². The zero-order valence-corrected chi connectivity index (χ0v) is 36.9. The number of carbonyl (C=O) groups is 3. The van der Waals surface area contributed by atoms with E-state index < -0.39 is 6.10 Å². The lowest BCUT2D eigenvalue weighted by molar-refractivity contribution is -0.167. The van der Waals surface area contributed by atoms with Crippen molar-refractivity contribution in [3.8, 4) is 0 Å². The molecule has 0 spiro atoms. The molecule has 56 heavy (non-hydrogen) atoms. The average Bonchev–Trinajstić information content (AvgIpc) is 3.19. The Morgan fingerprint density at radius 1 is 0.357 bits per heavy atom. The fourth-order valence-electron chi connectivity index (χ4n) is 6.41. The van der Waals surface area contributed by atoms with Gasteiger partial charge in [-0.25, -0.2) is 0 Å². The molecule has 0 heterocycles. The van der Waals surface area contributed by atoms with E-state index in [1.54, 1.807) is 0 Å². The van der Waals surface area contributed by atoms with Crippen LogP contribution in [-0.2, 0) is 28.6 Å². The lowest BCUT2D eigenvalue weighted by Gasteiger charge is -2.18. The molecule has 0 aliphatic rings. The summed E-state index contributed by atoms with van der Waals surface area (Å²) >= 11 is 0. The predicted octanol–water partition coefficient (Wildman–Crippen LogP) is 15.1. The average molecular weight is 785 g/mol. The van der Waals surface area contributed by atoms with Gasteiger partial charge in [0, 0.05) is 19.3 Å². The number of carbonyl (C=O) groups excluding carboxylic acids is 3. The standard InChI is InChI=1S/C50H88O6/c1-4-7-10-13-16-19-22-24-25-26-29-31-34-37-40-43-49(52)55-46-47(45-54-48(51)42-39-36-33-30-27-21-18-15-12-9-6-3)56-50(53)44-41-38-35-32-28-23-20-17-14-11-8-5-2/h15,17-22,27,47H,4-14,16,23-26,28-46H2,1-3H3/b18-15-,20-17-,22-19-,27-21-. The van der Waals surface area contributed by atoms with Crippen LogP contribution in [-0.4, -0.2) is 37.2 Å². The lowest BCUT2D eigenvalue weighted by Crippen LogP contribution is -2.30. The molecular weight excluding hydrogens is 697 g/mol. The second kappa shape index (κ2) is 45.1. The molecule has 0 saturated carbocycles. The molecule has 0 fully saturated rings. The van der Waals surface area contributed by atoms with Gasteiger partial charge < -0.3 is 14.2 Å². The highest BCUT2D eigenvalue weighted by atomic mass is 16.6. The Morgan fingerprint density at radius 2 is 0.661 bits per heavy atom. The van der Waals surface area contributed by atoms with Crippen molar-refractivity contribution in [1.29, 1.82) is 0 Å². The first-order valence-electron chi connectivity index (χ1n) is 23.7. The fourth-order valence-corrected chi connectivity index (χ4v) is 6.41. The number of ether oxygens (including phenoxy) is 3. The van der Waals surface area contributed by atoms with Crippen molar-refractivity contribution in [3.05, 3.63) is 48.6 Å². The van der Waals surface area contributed by atoms with Gasteiger partial charge in [0.2, 0.25) is 0 Å². The van der Waals surface area contributed by atoms with Crippen LogP contribution in [0.1, 0.15) is 233 Å². The Bertz CT molecular complexity index is 996. The SMILES string of the molecule is CCCC/C=C\C=C/CCCCCC(=O)OCC(COC(=O)CCCCCCCCC/C=C\CCCCCC)OC(=O)CCCCCCC/C=C\CCCCC. The Balaban J connectivity index is 4.40. The van der Waals surface area contributed by atoms with Crippen LogP contribution in [0.4, 0.5) is 0 Å². The first-order chi connectivity index (χ1) is 27.5. The van der Waals surface area contributed by atoms with Crippen molar-refractivity contribution in [2.75, 3.05) is 13.2 Å². The number of hydrogen-bond donors (Lipinski definition) is 0. The molecule has 0 aromatic rings. The Kier molecular flexibility index (Phi) is 43.0. The van der Waals surface area contributed by atoms with Crippen molar-refractivity contribution in [2.24, 2.45) is 0 Å². The van der Waals surface area contributed by atoms with E-state index in [1.165, 1.54) is 109 Å². The fraction of sp³-hybridized carbons (Fsp3) is 0.780. The highest BCUT2D eigenvalue weighted by Crippen LogP contribution is 2.13. The minimum atomic E-state index is -0.786. The summed E-state index contributed by atoms with van der Waals surface area (Å²) in [5, 5.41) is 0. The van der Waals surface area contributed by atoms with Crippen molar-refractivity contribution in [1.82, 2.24) is 0 Å². The minimum Gasteiger partial charge on any atom is -0.462 e. The highest BCUT2D eigenvalue weighted by molar-refractivity contribution is 5.71. The third kappa shape index (κ3) is 42.5. The first-order valence-corrected chi connectivity index (χ1v) is 23.7. The van der Waals surface area contributed by atoms with Crippen LogP contribution in [0.15, 0.2) is 48.6 Å². The van der Waals surface area contributed by atoms with E-state index in [0.717, 1.165) is 83.5 Å². The van der Waals surface area contributed by atoms with Crippen LogP contribution in [0.5, 0.6) is 0 Å². The molecular formula is C50H88O6. The molecule has 0 saturated heterocycles. The maximum absolute atomic E-state index is 12.7. The van der Waals surface area contributed by atoms with Gasteiger partial charge in [0.05, 0.1) is 0 Å². The van der Waals surface area contributed by atoms with Gasteiger partial charge in [-0.05, 0) is 89.9 Å². The van der Waals surface area contributed by atoms with Crippen LogP contribution in [0.2, 0.25) is 0 Å². The summed E-state index contributed by atoms with van der Waals surface area (Å²) in [5.74, 6) is -0.930. The van der Waals surface area contributed by atoms with Crippen molar-refractivity contribution in [2.45, 2.75) is 239 Å². The summed E-state index contributed by atoms with van der Waals surface area (Å²) in [4.78, 5) is 37.8. The Labute approximate surface area is 346 Å². The number of rotatable bonds is 42. The van der Waals surface area contributed by atoms with Crippen molar-refractivity contribution >= 4 is 17.9 Å². The molecule has 0 aromatic carbocycles. The molecule has 6 nitrogen and oxygen atoms in total. The summed E-state index contributed by atoms with van der Waals surface area (Å²) < 4.78 is 16.7. The van der Waals surface area contributed by atoms with Crippen molar-refractivity contribution < 1.29 is 28.6 Å². The van der Waals surface area contributed by atoms with Gasteiger partial charge in [-0.1, -0.05) is 172 Å². The van der Waals surface area contributed by atoms with Gasteiger partial charge in [-0.3, -0.25) is 14.4 Å². The van der Waals surface area contributed by atoms with Crippen LogP contribution in [0.3, 0.4) is 0 Å². The van der Waals surface area contributed by atoms with E-state index in [4.69, 9.17) is 14.2 Å². The summed E-state index contributed by atoms with van der Waals surface area (Å²) in [7, 11) is 0. The van der Waals surface area contributed by atoms with E-state index in [1.807, 2.05) is 0 Å². The van der Waals surface area contributed by atoms with Gasteiger partial charge in [0.1, 0.15) is 13.2 Å².